The number of carbonyl (C=O) groups is 1. The number of aromatic nitrogens is 8. The molecule has 2 aromatic carbocycles. The van der Waals surface area contributed by atoms with Crippen molar-refractivity contribution in [2.45, 2.75) is 26.1 Å². The third kappa shape index (κ3) is 5.67. The minimum absolute atomic E-state index is 0.178. The molecule has 1 aliphatic rings. The van der Waals surface area contributed by atoms with Gasteiger partial charge in [0.2, 0.25) is 5.89 Å². The van der Waals surface area contributed by atoms with Crippen LogP contribution in [0.2, 0.25) is 0 Å². The number of piperazine rings is 1. The van der Waals surface area contributed by atoms with E-state index >= 15 is 0 Å². The molecule has 7 rings (SSSR count). The van der Waals surface area contributed by atoms with Crippen LogP contribution in [0.15, 0.2) is 83.7 Å². The summed E-state index contributed by atoms with van der Waals surface area (Å²) < 4.78 is 34.3. The van der Waals surface area contributed by atoms with Crippen LogP contribution in [0, 0.1) is 0 Å². The standard InChI is InChI=1S/C31H28F2N10O2/c1-2-42-19-23(18-35-42)21-8-9-26-24(16-21)36-29(45-26)22-10-11-34-25(17-22)30(44)41-14-12-40(13-15-41)27(20-6-4-3-5-7-20)28-37-39-43(38-28)31(32)33/h3-11,16-19,27,31H,2,12-15H2,1H3/t27-/m0/s1. The van der Waals surface area contributed by atoms with Crippen molar-refractivity contribution in [2.75, 3.05) is 26.2 Å². The van der Waals surface area contributed by atoms with E-state index in [4.69, 9.17) is 4.42 Å². The second-order valence-corrected chi connectivity index (χ2v) is 10.6. The van der Waals surface area contributed by atoms with E-state index in [0.29, 0.717) is 53.5 Å². The lowest BCUT2D eigenvalue weighted by molar-refractivity contribution is 0.0385. The Kier molecular flexibility index (Phi) is 7.55. The Morgan fingerprint density at radius 3 is 2.53 bits per heavy atom. The summed E-state index contributed by atoms with van der Waals surface area (Å²) in [6.45, 7) is 1.68. The van der Waals surface area contributed by atoms with Crippen LogP contribution in [0.3, 0.4) is 0 Å². The Balaban J connectivity index is 1.07. The maximum absolute atomic E-state index is 13.5. The van der Waals surface area contributed by atoms with Crippen molar-refractivity contribution in [3.63, 3.8) is 0 Å². The van der Waals surface area contributed by atoms with Crippen LogP contribution in [-0.2, 0) is 6.54 Å². The summed E-state index contributed by atoms with van der Waals surface area (Å²) >= 11 is 0. The predicted molar refractivity (Wildman–Crippen MR) is 159 cm³/mol. The summed E-state index contributed by atoms with van der Waals surface area (Å²) in [5, 5.41) is 15.7. The molecule has 12 nitrogen and oxygen atoms in total. The van der Waals surface area contributed by atoms with E-state index in [-0.39, 0.29) is 17.4 Å². The number of halogens is 2. The molecule has 1 amide bonds. The summed E-state index contributed by atoms with van der Waals surface area (Å²) in [5.41, 5.74) is 5.07. The van der Waals surface area contributed by atoms with Crippen molar-refractivity contribution < 1.29 is 18.0 Å². The van der Waals surface area contributed by atoms with Gasteiger partial charge in [0.05, 0.1) is 12.2 Å². The average Bonchev–Trinajstić information content (AvgIpc) is 3.85. The van der Waals surface area contributed by atoms with Gasteiger partial charge in [0.25, 0.3) is 5.91 Å². The van der Waals surface area contributed by atoms with E-state index in [2.05, 4.69) is 35.4 Å². The molecular weight excluding hydrogens is 582 g/mol. The van der Waals surface area contributed by atoms with E-state index in [1.165, 1.54) is 0 Å². The fourth-order valence-electron chi connectivity index (χ4n) is 5.53. The zero-order valence-electron chi connectivity index (χ0n) is 24.2. The Labute approximate surface area is 255 Å². The van der Waals surface area contributed by atoms with Gasteiger partial charge in [0, 0.05) is 56.2 Å². The molecule has 0 aliphatic carbocycles. The predicted octanol–water partition coefficient (Wildman–Crippen LogP) is 4.70. The average molecular weight is 611 g/mol. The Hall–Kier alpha value is -5.37. The highest BCUT2D eigenvalue weighted by Crippen LogP contribution is 2.30. The molecule has 1 atom stereocenters. The first-order chi connectivity index (χ1) is 22.0. The highest BCUT2D eigenvalue weighted by Gasteiger charge is 2.32. The first kappa shape index (κ1) is 28.4. The molecule has 45 heavy (non-hydrogen) atoms. The number of aryl methyl sites for hydroxylation is 1. The van der Waals surface area contributed by atoms with Crippen LogP contribution in [-0.4, -0.2) is 81.8 Å². The van der Waals surface area contributed by atoms with E-state index in [9.17, 15) is 13.6 Å². The van der Waals surface area contributed by atoms with Gasteiger partial charge in [-0.3, -0.25) is 19.4 Å². The van der Waals surface area contributed by atoms with Crippen molar-refractivity contribution in [2.24, 2.45) is 0 Å². The quantitative estimate of drug-likeness (QED) is 0.241. The monoisotopic (exact) mass is 610 g/mol. The molecule has 0 unspecified atom stereocenters. The number of oxazole rings is 1. The normalized spacial score (nSPS) is 14.8. The van der Waals surface area contributed by atoms with Crippen LogP contribution in [0.4, 0.5) is 8.78 Å². The molecule has 0 radical (unpaired) electrons. The van der Waals surface area contributed by atoms with Crippen molar-refractivity contribution >= 4 is 17.0 Å². The summed E-state index contributed by atoms with van der Waals surface area (Å²) in [6, 6.07) is 18.2. The first-order valence-electron chi connectivity index (χ1n) is 14.5. The molecule has 0 spiro atoms. The number of tetrazole rings is 1. The molecule has 1 fully saturated rings. The number of benzene rings is 2. The van der Waals surface area contributed by atoms with Gasteiger partial charge in [0.15, 0.2) is 11.4 Å². The third-order valence-corrected chi connectivity index (χ3v) is 7.85. The van der Waals surface area contributed by atoms with Crippen molar-refractivity contribution in [1.29, 1.82) is 0 Å². The molecule has 1 saturated heterocycles. The number of pyridine rings is 1. The summed E-state index contributed by atoms with van der Waals surface area (Å²) in [6.07, 6.45) is 5.38. The van der Waals surface area contributed by atoms with Crippen LogP contribution < -0.4 is 0 Å². The van der Waals surface area contributed by atoms with Crippen LogP contribution in [0.1, 0.15) is 41.4 Å². The van der Waals surface area contributed by atoms with Gasteiger partial charge in [0.1, 0.15) is 11.2 Å². The molecule has 5 heterocycles. The highest BCUT2D eigenvalue weighted by molar-refractivity contribution is 5.93. The maximum Gasteiger partial charge on any atom is 0.350 e. The lowest BCUT2D eigenvalue weighted by atomic mass is 10.0. The number of fused-ring (bicyclic) bond motifs is 1. The third-order valence-electron chi connectivity index (χ3n) is 7.85. The van der Waals surface area contributed by atoms with Gasteiger partial charge in [-0.05, 0) is 47.5 Å². The first-order valence-corrected chi connectivity index (χ1v) is 14.5. The summed E-state index contributed by atoms with van der Waals surface area (Å²) in [7, 11) is 0. The van der Waals surface area contributed by atoms with Gasteiger partial charge < -0.3 is 9.32 Å². The van der Waals surface area contributed by atoms with Crippen molar-refractivity contribution in [3.05, 3.63) is 96.3 Å². The number of alkyl halides is 2. The van der Waals surface area contributed by atoms with E-state index in [1.807, 2.05) is 72.5 Å². The van der Waals surface area contributed by atoms with Crippen LogP contribution in [0.5, 0.6) is 0 Å². The van der Waals surface area contributed by atoms with Crippen LogP contribution >= 0.6 is 0 Å². The molecular formula is C31H28F2N10O2. The molecule has 0 bridgehead atoms. The number of hydrogen-bond donors (Lipinski definition) is 0. The lowest BCUT2D eigenvalue weighted by Gasteiger charge is -2.38. The number of hydrogen-bond acceptors (Lipinski definition) is 9. The largest absolute Gasteiger partial charge is 0.436 e. The summed E-state index contributed by atoms with van der Waals surface area (Å²) in [4.78, 5) is 26.7. The van der Waals surface area contributed by atoms with Crippen molar-refractivity contribution in [3.8, 4) is 22.6 Å². The van der Waals surface area contributed by atoms with Gasteiger partial charge >= 0.3 is 6.55 Å². The van der Waals surface area contributed by atoms with E-state index in [0.717, 1.165) is 23.2 Å². The molecule has 228 valence electrons. The number of amides is 1. The number of nitrogens with zero attached hydrogens (tertiary/aromatic N) is 10. The van der Waals surface area contributed by atoms with E-state index in [1.54, 1.807) is 23.2 Å². The molecule has 1 aliphatic heterocycles. The molecule has 14 heteroatoms. The zero-order valence-corrected chi connectivity index (χ0v) is 24.2. The molecule has 4 aromatic heterocycles. The Morgan fingerprint density at radius 1 is 0.978 bits per heavy atom. The fraction of sp³-hybridized carbons (Fsp3) is 0.258. The van der Waals surface area contributed by atoms with Gasteiger partial charge in [-0.1, -0.05) is 41.2 Å². The fourth-order valence-corrected chi connectivity index (χ4v) is 5.53. The number of rotatable bonds is 8. The lowest BCUT2D eigenvalue weighted by Crippen LogP contribution is -2.50. The zero-order chi connectivity index (χ0) is 30.9. The topological polar surface area (TPSA) is 124 Å². The minimum Gasteiger partial charge on any atom is -0.436 e. The van der Waals surface area contributed by atoms with Crippen molar-refractivity contribution in [1.82, 2.24) is 49.8 Å². The van der Waals surface area contributed by atoms with Crippen LogP contribution in [0.25, 0.3) is 33.7 Å². The SMILES string of the molecule is CCn1cc(-c2ccc3oc(-c4ccnc(C(=O)N5CCN([C@@H](c6ccccc6)c6nnn(C(F)F)n6)CC5)c4)nc3c2)cn1. The second-order valence-electron chi connectivity index (χ2n) is 10.6. The molecule has 0 saturated carbocycles. The van der Waals surface area contributed by atoms with Gasteiger partial charge in [-0.25, -0.2) is 4.98 Å². The Morgan fingerprint density at radius 2 is 1.80 bits per heavy atom. The smallest absolute Gasteiger partial charge is 0.350 e. The maximum atomic E-state index is 13.5. The minimum atomic E-state index is -2.88. The van der Waals surface area contributed by atoms with E-state index < -0.39 is 12.6 Å². The molecule has 0 N–H and O–H groups in total. The number of carbonyl (C=O) groups excluding carboxylic acids is 1. The van der Waals surface area contributed by atoms with Gasteiger partial charge in [-0.2, -0.15) is 13.9 Å². The summed E-state index contributed by atoms with van der Waals surface area (Å²) in [5.74, 6) is 0.348. The van der Waals surface area contributed by atoms with Gasteiger partial charge in [-0.15, -0.1) is 10.2 Å². The molecule has 6 aromatic rings. The second kappa shape index (κ2) is 12.0. The highest BCUT2D eigenvalue weighted by atomic mass is 19.3. The Bertz CT molecular complexity index is 1950.